The average Bonchev–Trinajstić information content (AvgIpc) is 3.46. The van der Waals surface area contributed by atoms with Gasteiger partial charge in [0, 0.05) is 30.1 Å². The lowest BCUT2D eigenvalue weighted by molar-refractivity contribution is 0.412. The summed E-state index contributed by atoms with van der Waals surface area (Å²) < 4.78 is 29.5. The van der Waals surface area contributed by atoms with Gasteiger partial charge in [-0.15, -0.1) is 0 Å². The fourth-order valence-electron chi connectivity index (χ4n) is 4.26. The second kappa shape index (κ2) is 5.91. The summed E-state index contributed by atoms with van der Waals surface area (Å²) in [4.78, 5) is 11.4. The molecular weight excluding hydrogens is 374 g/mol. The molecule has 2 heterocycles. The van der Waals surface area contributed by atoms with Gasteiger partial charge in [0.15, 0.2) is 9.84 Å². The minimum Gasteiger partial charge on any atom is -0.497 e. The van der Waals surface area contributed by atoms with Crippen LogP contribution in [-0.4, -0.2) is 38.3 Å². The molecule has 0 N–H and O–H groups in total. The predicted octanol–water partition coefficient (Wildman–Crippen LogP) is 3.09. The van der Waals surface area contributed by atoms with Gasteiger partial charge in [0.1, 0.15) is 17.9 Å². The van der Waals surface area contributed by atoms with E-state index < -0.39 is 9.84 Å². The molecule has 2 aliphatic rings. The fourth-order valence-corrected chi connectivity index (χ4v) is 4.91. The number of rotatable bonds is 3. The number of hydrogen-bond acceptors (Lipinski definition) is 6. The second-order valence-corrected chi connectivity index (χ2v) is 9.82. The number of fused-ring (bicyclic) bond motifs is 3. The highest BCUT2D eigenvalue weighted by atomic mass is 32.2. The number of ether oxygens (including phenoxy) is 1. The highest BCUT2D eigenvalue weighted by Gasteiger charge is 2.49. The standard InChI is InChI=1S/C21H21N3O3S/c1-27-15-4-3-14-11-24(12-21(7-8-21)18(14)9-15)20-17-10-16(28(2,25)26)5-6-19(17)22-13-23-20/h3-6,9-10,13H,7-8,11-12H2,1-2H3. The molecule has 1 saturated carbocycles. The fraction of sp³-hybridized carbons (Fsp3) is 0.333. The molecule has 0 radical (unpaired) electrons. The van der Waals surface area contributed by atoms with E-state index in [0.717, 1.165) is 48.4 Å². The van der Waals surface area contributed by atoms with Gasteiger partial charge < -0.3 is 9.64 Å². The van der Waals surface area contributed by atoms with Crippen molar-refractivity contribution in [3.05, 3.63) is 53.9 Å². The Morgan fingerprint density at radius 2 is 1.93 bits per heavy atom. The van der Waals surface area contributed by atoms with Gasteiger partial charge in [0.2, 0.25) is 0 Å². The van der Waals surface area contributed by atoms with Crippen molar-refractivity contribution in [1.29, 1.82) is 0 Å². The van der Waals surface area contributed by atoms with Gasteiger partial charge in [0.25, 0.3) is 0 Å². The molecule has 0 amide bonds. The summed E-state index contributed by atoms with van der Waals surface area (Å²) in [6.07, 6.45) is 5.06. The first kappa shape index (κ1) is 17.4. The van der Waals surface area contributed by atoms with Crippen LogP contribution in [0, 0.1) is 0 Å². The molecule has 7 heteroatoms. The quantitative estimate of drug-likeness (QED) is 0.679. The maximum Gasteiger partial charge on any atom is 0.175 e. The third-order valence-corrected chi connectivity index (χ3v) is 7.02. The number of anilines is 1. The number of benzene rings is 2. The Bertz CT molecular complexity index is 1200. The minimum atomic E-state index is -3.30. The lowest BCUT2D eigenvalue weighted by atomic mass is 9.86. The summed E-state index contributed by atoms with van der Waals surface area (Å²) in [6.45, 7) is 1.60. The molecule has 0 atom stereocenters. The van der Waals surface area contributed by atoms with Crippen molar-refractivity contribution in [1.82, 2.24) is 9.97 Å². The third-order valence-electron chi connectivity index (χ3n) is 5.91. The van der Waals surface area contributed by atoms with E-state index in [9.17, 15) is 8.42 Å². The van der Waals surface area contributed by atoms with E-state index in [2.05, 4.69) is 27.0 Å². The van der Waals surface area contributed by atoms with Crippen molar-refractivity contribution in [2.75, 3.05) is 24.8 Å². The van der Waals surface area contributed by atoms with Crippen molar-refractivity contribution < 1.29 is 13.2 Å². The number of nitrogens with zero attached hydrogens (tertiary/aromatic N) is 3. The van der Waals surface area contributed by atoms with Crippen LogP contribution in [0.3, 0.4) is 0 Å². The zero-order valence-corrected chi connectivity index (χ0v) is 16.7. The van der Waals surface area contributed by atoms with E-state index >= 15 is 0 Å². The smallest absolute Gasteiger partial charge is 0.175 e. The van der Waals surface area contributed by atoms with Crippen LogP contribution in [-0.2, 0) is 21.8 Å². The normalized spacial score (nSPS) is 17.6. The Labute approximate surface area is 164 Å². The van der Waals surface area contributed by atoms with Gasteiger partial charge in [0.05, 0.1) is 17.5 Å². The zero-order chi connectivity index (χ0) is 19.5. The van der Waals surface area contributed by atoms with Gasteiger partial charge >= 0.3 is 0 Å². The molecule has 1 aliphatic carbocycles. The topological polar surface area (TPSA) is 72.4 Å². The third kappa shape index (κ3) is 2.73. The van der Waals surface area contributed by atoms with Crippen LogP contribution in [0.2, 0.25) is 0 Å². The Kier molecular flexibility index (Phi) is 3.68. The van der Waals surface area contributed by atoms with E-state index in [0.29, 0.717) is 4.90 Å². The first-order valence-corrected chi connectivity index (χ1v) is 11.2. The highest BCUT2D eigenvalue weighted by molar-refractivity contribution is 7.90. The average molecular weight is 395 g/mol. The molecule has 144 valence electrons. The van der Waals surface area contributed by atoms with Gasteiger partial charge in [-0.1, -0.05) is 6.07 Å². The SMILES string of the molecule is COc1ccc2c(c1)C1(CC1)CN(c1ncnc3ccc(S(C)(=O)=O)cc13)C2. The molecule has 5 rings (SSSR count). The van der Waals surface area contributed by atoms with Gasteiger partial charge in [-0.05, 0) is 54.3 Å². The monoisotopic (exact) mass is 395 g/mol. The highest BCUT2D eigenvalue weighted by Crippen LogP contribution is 2.53. The van der Waals surface area contributed by atoms with Gasteiger partial charge in [-0.2, -0.15) is 0 Å². The molecule has 3 aromatic rings. The van der Waals surface area contributed by atoms with Crippen LogP contribution in [0.5, 0.6) is 5.75 Å². The van der Waals surface area contributed by atoms with Crippen molar-refractivity contribution in [2.45, 2.75) is 29.7 Å². The molecule has 1 aromatic heterocycles. The number of aromatic nitrogens is 2. The molecule has 1 aliphatic heterocycles. The maximum atomic E-state index is 12.0. The lowest BCUT2D eigenvalue weighted by Crippen LogP contribution is -2.38. The van der Waals surface area contributed by atoms with Crippen LogP contribution >= 0.6 is 0 Å². The largest absolute Gasteiger partial charge is 0.497 e. The zero-order valence-electron chi connectivity index (χ0n) is 15.8. The van der Waals surface area contributed by atoms with Crippen LogP contribution < -0.4 is 9.64 Å². The van der Waals surface area contributed by atoms with E-state index in [1.165, 1.54) is 17.4 Å². The Morgan fingerprint density at radius 3 is 2.64 bits per heavy atom. The van der Waals surface area contributed by atoms with Crippen LogP contribution in [0.25, 0.3) is 10.9 Å². The molecular formula is C21H21N3O3S. The second-order valence-electron chi connectivity index (χ2n) is 7.81. The molecule has 1 spiro atoms. The summed E-state index contributed by atoms with van der Waals surface area (Å²) in [5.74, 6) is 1.69. The summed E-state index contributed by atoms with van der Waals surface area (Å²) >= 11 is 0. The van der Waals surface area contributed by atoms with E-state index in [4.69, 9.17) is 4.74 Å². The van der Waals surface area contributed by atoms with Crippen molar-refractivity contribution in [3.8, 4) is 5.75 Å². The molecule has 0 unspecified atom stereocenters. The Balaban J connectivity index is 1.63. The van der Waals surface area contributed by atoms with Crippen LogP contribution in [0.4, 0.5) is 5.82 Å². The number of methoxy groups -OCH3 is 1. The first-order valence-electron chi connectivity index (χ1n) is 9.27. The van der Waals surface area contributed by atoms with Gasteiger partial charge in [-0.25, -0.2) is 18.4 Å². The molecule has 0 saturated heterocycles. The van der Waals surface area contributed by atoms with Crippen molar-refractivity contribution in [3.63, 3.8) is 0 Å². The molecule has 1 fully saturated rings. The summed E-state index contributed by atoms with van der Waals surface area (Å²) in [7, 11) is -1.60. The molecule has 2 aromatic carbocycles. The summed E-state index contributed by atoms with van der Waals surface area (Å²) in [5, 5.41) is 0.776. The Hall–Kier alpha value is -2.67. The van der Waals surface area contributed by atoms with Crippen LogP contribution in [0.15, 0.2) is 47.6 Å². The van der Waals surface area contributed by atoms with E-state index in [1.807, 2.05) is 6.07 Å². The lowest BCUT2D eigenvalue weighted by Gasteiger charge is -2.36. The predicted molar refractivity (Wildman–Crippen MR) is 108 cm³/mol. The summed E-state index contributed by atoms with van der Waals surface area (Å²) in [5.41, 5.74) is 3.53. The van der Waals surface area contributed by atoms with E-state index in [-0.39, 0.29) is 5.41 Å². The molecule has 0 bridgehead atoms. The van der Waals surface area contributed by atoms with Crippen molar-refractivity contribution >= 4 is 26.6 Å². The van der Waals surface area contributed by atoms with Crippen LogP contribution in [0.1, 0.15) is 24.0 Å². The van der Waals surface area contributed by atoms with E-state index in [1.54, 1.807) is 31.6 Å². The molecule has 28 heavy (non-hydrogen) atoms. The Morgan fingerprint density at radius 1 is 1.11 bits per heavy atom. The van der Waals surface area contributed by atoms with Gasteiger partial charge in [-0.3, -0.25) is 0 Å². The number of sulfone groups is 1. The molecule has 6 nitrogen and oxygen atoms in total. The number of hydrogen-bond donors (Lipinski definition) is 0. The minimum absolute atomic E-state index is 0.133. The summed E-state index contributed by atoms with van der Waals surface area (Å²) in [6, 6.07) is 11.4. The maximum absolute atomic E-state index is 12.0. The first-order chi connectivity index (χ1) is 13.4. The van der Waals surface area contributed by atoms with Crippen molar-refractivity contribution in [2.24, 2.45) is 0 Å².